The predicted octanol–water partition coefficient (Wildman–Crippen LogP) is 3.53. The Kier molecular flexibility index (Phi) is 7.65. The number of esters is 1. The highest BCUT2D eigenvalue weighted by atomic mass is 32.2. The number of aromatic nitrogens is 1. The summed E-state index contributed by atoms with van der Waals surface area (Å²) in [5.41, 5.74) is 3.78. The molecule has 0 spiro atoms. The van der Waals surface area contributed by atoms with E-state index in [0.29, 0.717) is 28.7 Å². The first kappa shape index (κ1) is 23.3. The molecule has 0 saturated carbocycles. The van der Waals surface area contributed by atoms with Gasteiger partial charge in [0, 0.05) is 27.9 Å². The fourth-order valence-electron chi connectivity index (χ4n) is 3.30. The molecule has 172 valence electrons. The monoisotopic (exact) mass is 501 g/mol. The predicted molar refractivity (Wildman–Crippen MR) is 131 cm³/mol. The number of thioether (sulfide) groups is 1. The van der Waals surface area contributed by atoms with Crippen molar-refractivity contribution in [3.05, 3.63) is 82.0 Å². The van der Waals surface area contributed by atoms with E-state index in [2.05, 4.69) is 15.4 Å². The van der Waals surface area contributed by atoms with E-state index >= 15 is 0 Å². The normalized spacial score (nSPS) is 15.0. The van der Waals surface area contributed by atoms with Crippen LogP contribution in [0.1, 0.15) is 17.3 Å². The van der Waals surface area contributed by atoms with Gasteiger partial charge in [-0.2, -0.15) is 0 Å². The fourth-order valence-corrected chi connectivity index (χ4v) is 5.40. The van der Waals surface area contributed by atoms with E-state index in [-0.39, 0.29) is 6.04 Å². The molecule has 3 aromatic rings. The van der Waals surface area contributed by atoms with Crippen molar-refractivity contribution in [3.63, 3.8) is 0 Å². The molecule has 1 unspecified atom stereocenters. The molecule has 33 heavy (non-hydrogen) atoms. The van der Waals surface area contributed by atoms with Crippen molar-refractivity contribution >= 4 is 46.0 Å². The fraction of sp³-hybridized carbons (Fsp3) is 0.182. The van der Waals surface area contributed by atoms with Crippen LogP contribution in [0.5, 0.6) is 0 Å². The Hall–Kier alpha value is -2.86. The van der Waals surface area contributed by atoms with Gasteiger partial charge in [-0.15, -0.1) is 11.3 Å². The number of thiazole rings is 1. The first-order valence-corrected chi connectivity index (χ1v) is 12.9. The van der Waals surface area contributed by atoms with Crippen LogP contribution in [-0.2, 0) is 27.2 Å². The van der Waals surface area contributed by atoms with Crippen LogP contribution >= 0.6 is 23.1 Å². The van der Waals surface area contributed by atoms with Gasteiger partial charge in [0.15, 0.2) is 5.70 Å². The molecule has 0 bridgehead atoms. The van der Waals surface area contributed by atoms with Crippen molar-refractivity contribution in [3.8, 4) is 10.6 Å². The maximum Gasteiger partial charge on any atom is 0.356 e. The van der Waals surface area contributed by atoms with Crippen LogP contribution in [-0.4, -0.2) is 32.7 Å². The van der Waals surface area contributed by atoms with Crippen molar-refractivity contribution in [1.82, 2.24) is 15.6 Å². The average Bonchev–Trinajstić information content (AvgIpc) is 3.50. The number of hydrogen-bond acceptors (Lipinski definition) is 9. The number of anilines is 1. The summed E-state index contributed by atoms with van der Waals surface area (Å²) in [7, 11) is 1.35. The van der Waals surface area contributed by atoms with Crippen LogP contribution in [0, 0.1) is 0 Å². The zero-order valence-corrected chi connectivity index (χ0v) is 20.0. The summed E-state index contributed by atoms with van der Waals surface area (Å²) in [6.45, 7) is 0. The van der Waals surface area contributed by atoms with Gasteiger partial charge in [0.05, 0.1) is 24.7 Å². The minimum atomic E-state index is -2.37. The first-order valence-electron chi connectivity index (χ1n) is 9.95. The second-order valence-corrected chi connectivity index (χ2v) is 9.56. The summed E-state index contributed by atoms with van der Waals surface area (Å²) in [4.78, 5) is 17.0. The van der Waals surface area contributed by atoms with Crippen LogP contribution in [0.2, 0.25) is 0 Å². The van der Waals surface area contributed by atoms with Gasteiger partial charge < -0.3 is 24.6 Å². The van der Waals surface area contributed by atoms with E-state index in [9.17, 15) is 13.6 Å². The SMILES string of the molecule is COC(=O)C1=C(N[C@@H](Cc2ccc(NS(=O)[O-])cc2)c2csc(-c3ccccc3)n2)SCN1. The van der Waals surface area contributed by atoms with E-state index in [1.165, 1.54) is 18.9 Å². The number of carbonyl (C=O) groups is 1. The highest BCUT2D eigenvalue weighted by molar-refractivity contribution is 8.03. The van der Waals surface area contributed by atoms with E-state index in [0.717, 1.165) is 21.8 Å². The van der Waals surface area contributed by atoms with E-state index in [1.54, 1.807) is 23.5 Å². The lowest BCUT2D eigenvalue weighted by Gasteiger charge is -2.19. The molecule has 1 aliphatic rings. The Balaban J connectivity index is 1.62. The van der Waals surface area contributed by atoms with Gasteiger partial charge in [-0.1, -0.05) is 54.2 Å². The van der Waals surface area contributed by atoms with Crippen LogP contribution in [0.3, 0.4) is 0 Å². The molecule has 0 fully saturated rings. The van der Waals surface area contributed by atoms with E-state index < -0.39 is 17.2 Å². The number of rotatable bonds is 9. The molecule has 0 radical (unpaired) electrons. The summed E-state index contributed by atoms with van der Waals surface area (Å²) in [6, 6.07) is 16.9. The van der Waals surface area contributed by atoms with Crippen molar-refractivity contribution in [1.29, 1.82) is 0 Å². The maximum absolute atomic E-state index is 12.1. The Morgan fingerprint density at radius 1 is 1.24 bits per heavy atom. The van der Waals surface area contributed by atoms with E-state index in [1.807, 2.05) is 47.8 Å². The lowest BCUT2D eigenvalue weighted by atomic mass is 10.0. The molecule has 4 rings (SSSR count). The molecule has 2 atom stereocenters. The Labute approximate surface area is 202 Å². The van der Waals surface area contributed by atoms with Gasteiger partial charge in [0.2, 0.25) is 0 Å². The molecular weight excluding hydrogens is 480 g/mol. The lowest BCUT2D eigenvalue weighted by Crippen LogP contribution is -2.25. The zero-order valence-electron chi connectivity index (χ0n) is 17.6. The average molecular weight is 502 g/mol. The Bertz CT molecular complexity index is 1170. The molecule has 11 heteroatoms. The Morgan fingerprint density at radius 2 is 2.00 bits per heavy atom. The minimum absolute atomic E-state index is 0.215. The molecule has 8 nitrogen and oxygen atoms in total. The summed E-state index contributed by atoms with van der Waals surface area (Å²) >= 11 is 0.682. The smallest absolute Gasteiger partial charge is 0.356 e. The number of hydrogen-bond donors (Lipinski definition) is 3. The summed E-state index contributed by atoms with van der Waals surface area (Å²) in [5.74, 6) is 0.143. The third-order valence-electron chi connectivity index (χ3n) is 4.88. The molecule has 3 N–H and O–H groups in total. The molecule has 1 aliphatic heterocycles. The first-order chi connectivity index (χ1) is 16.0. The standard InChI is InChI=1S/C22H22N4O4S3/c1-30-22(27)19-21(32-13-23-19)24-17(11-14-7-9-16(10-8-14)26-33(28)29)18-12-31-20(25-18)15-5-3-2-4-6-15/h2-10,12,17,23-24,26H,11,13H2,1H3,(H,28,29)/p-1/t17-/m0/s1. The van der Waals surface area contributed by atoms with Crippen molar-refractivity contribution < 1.29 is 18.3 Å². The maximum atomic E-state index is 12.1. The quantitative estimate of drug-likeness (QED) is 0.301. The van der Waals surface area contributed by atoms with Gasteiger partial charge in [-0.3, -0.25) is 4.21 Å². The van der Waals surface area contributed by atoms with Gasteiger partial charge in [0.25, 0.3) is 0 Å². The van der Waals surface area contributed by atoms with E-state index in [4.69, 9.17) is 9.72 Å². The largest absolute Gasteiger partial charge is 0.755 e. The number of ether oxygens (including phenoxy) is 1. The van der Waals surface area contributed by atoms with Gasteiger partial charge in [-0.05, 0) is 24.1 Å². The van der Waals surface area contributed by atoms with Gasteiger partial charge in [-0.25, -0.2) is 9.78 Å². The second-order valence-electron chi connectivity index (χ2n) is 7.04. The summed E-state index contributed by atoms with van der Waals surface area (Å²) in [5, 5.41) is 10.2. The van der Waals surface area contributed by atoms with Crippen LogP contribution < -0.4 is 15.4 Å². The zero-order chi connectivity index (χ0) is 23.2. The molecule has 2 aromatic carbocycles. The summed E-state index contributed by atoms with van der Waals surface area (Å²) < 4.78 is 29.0. The van der Waals surface area contributed by atoms with Crippen molar-refractivity contribution in [2.45, 2.75) is 12.5 Å². The highest BCUT2D eigenvalue weighted by Gasteiger charge is 2.26. The number of nitrogens with zero attached hydrogens (tertiary/aromatic N) is 1. The van der Waals surface area contributed by atoms with Crippen LogP contribution in [0.15, 0.2) is 70.7 Å². The van der Waals surface area contributed by atoms with Crippen LogP contribution in [0.25, 0.3) is 10.6 Å². The number of nitrogens with one attached hydrogen (secondary N) is 3. The molecule has 2 heterocycles. The molecule has 0 amide bonds. The third kappa shape index (κ3) is 5.93. The third-order valence-corrected chi connectivity index (χ3v) is 7.09. The number of carbonyl (C=O) groups excluding carboxylic acids is 1. The minimum Gasteiger partial charge on any atom is -0.755 e. The second kappa shape index (κ2) is 10.8. The highest BCUT2D eigenvalue weighted by Crippen LogP contribution is 2.31. The Morgan fingerprint density at radius 3 is 2.70 bits per heavy atom. The lowest BCUT2D eigenvalue weighted by molar-refractivity contribution is -0.136. The van der Waals surface area contributed by atoms with Crippen LogP contribution in [0.4, 0.5) is 5.69 Å². The van der Waals surface area contributed by atoms with Gasteiger partial charge >= 0.3 is 5.97 Å². The molecule has 0 aliphatic carbocycles. The molecular formula is C22H21N4O4S3-. The van der Waals surface area contributed by atoms with Crippen molar-refractivity contribution in [2.24, 2.45) is 0 Å². The number of methoxy groups -OCH3 is 1. The molecule has 0 saturated heterocycles. The number of benzene rings is 2. The van der Waals surface area contributed by atoms with Crippen molar-refractivity contribution in [2.75, 3.05) is 17.7 Å². The molecule has 1 aromatic heterocycles. The van der Waals surface area contributed by atoms with Gasteiger partial charge in [0.1, 0.15) is 10.0 Å². The topological polar surface area (TPSA) is 115 Å². The summed E-state index contributed by atoms with van der Waals surface area (Å²) in [6.07, 6.45) is 0.581.